The largest absolute Gasteiger partial charge is 0.212 e. The average molecular weight is 868 g/mol. The highest BCUT2D eigenvalue weighted by Gasteiger charge is 2.50. The number of allylic oxidation sites excluding steroid dienone is 4. The predicted octanol–water partition coefficient (Wildman–Crippen LogP) is 15.1. The molecule has 0 saturated carbocycles. The molecule has 0 radical (unpaired) electrons. The summed E-state index contributed by atoms with van der Waals surface area (Å²) in [4.78, 5) is 16.4. The molecule has 13 rings (SSSR count). The lowest BCUT2D eigenvalue weighted by Crippen LogP contribution is -2.29. The summed E-state index contributed by atoms with van der Waals surface area (Å²) in [5, 5.41) is 0. The zero-order valence-corrected chi connectivity index (χ0v) is 37.4. The summed E-state index contributed by atoms with van der Waals surface area (Å²) in [5.41, 5.74) is 18.1. The molecule has 0 spiro atoms. The van der Waals surface area contributed by atoms with Crippen molar-refractivity contribution in [2.45, 2.75) is 23.2 Å². The van der Waals surface area contributed by atoms with Crippen LogP contribution in [0.2, 0.25) is 0 Å². The maximum Gasteiger partial charge on any atom is 0.163 e. The van der Waals surface area contributed by atoms with Gasteiger partial charge in [-0.1, -0.05) is 249 Å². The van der Waals surface area contributed by atoms with Crippen LogP contribution in [0, 0.1) is 0 Å². The molecule has 0 N–H and O–H groups in total. The number of nitrogens with zero attached hydrogens (tertiary/aromatic N) is 3. The number of fused-ring (bicyclic) bond motifs is 6. The Hall–Kier alpha value is -8.53. The van der Waals surface area contributed by atoms with Gasteiger partial charge in [0.25, 0.3) is 0 Å². The molecular formula is C65H45N3. The molecular weight excluding hydrogens is 823 g/mol. The van der Waals surface area contributed by atoms with Gasteiger partial charge in [-0.3, -0.25) is 0 Å². The lowest BCUT2D eigenvalue weighted by Gasteiger charge is -2.35. The molecule has 0 aliphatic heterocycles. The normalized spacial score (nSPS) is 15.9. The van der Waals surface area contributed by atoms with Crippen LogP contribution in [-0.4, -0.2) is 15.0 Å². The van der Waals surface area contributed by atoms with Crippen molar-refractivity contribution in [3.8, 4) is 45.0 Å². The van der Waals surface area contributed by atoms with E-state index in [0.29, 0.717) is 11.6 Å². The van der Waals surface area contributed by atoms with Gasteiger partial charge >= 0.3 is 0 Å². The molecule has 0 bridgehead atoms. The SMILES string of the molecule is C1=C2C(=CC(c3nc(-c4ccc(-c5ccccc5)cc4)nc(-c4ccc5c(c4)C(c4ccccc4)(c4ccccc4)c4ccccc4-5)n3)C1)C(c1ccccc1)(c1ccccc1)c1ccccc12. The highest BCUT2D eigenvalue weighted by Crippen LogP contribution is 2.60. The molecule has 320 valence electrons. The molecule has 1 unspecified atom stereocenters. The first-order chi connectivity index (χ1) is 33.7. The Morgan fingerprint density at radius 3 is 1.35 bits per heavy atom. The van der Waals surface area contributed by atoms with E-state index >= 15 is 0 Å². The van der Waals surface area contributed by atoms with Crippen LogP contribution in [0.4, 0.5) is 0 Å². The Bertz CT molecular complexity index is 3480. The first kappa shape index (κ1) is 39.8. The van der Waals surface area contributed by atoms with Crippen molar-refractivity contribution >= 4 is 5.57 Å². The molecule has 10 aromatic rings. The van der Waals surface area contributed by atoms with Crippen LogP contribution in [0.3, 0.4) is 0 Å². The van der Waals surface area contributed by atoms with E-state index in [1.807, 2.05) is 0 Å². The van der Waals surface area contributed by atoms with Gasteiger partial charge in [0.1, 0.15) is 5.82 Å². The van der Waals surface area contributed by atoms with E-state index in [0.717, 1.165) is 28.9 Å². The number of benzene rings is 9. The van der Waals surface area contributed by atoms with E-state index in [4.69, 9.17) is 15.0 Å². The predicted molar refractivity (Wildman–Crippen MR) is 276 cm³/mol. The summed E-state index contributed by atoms with van der Waals surface area (Å²) >= 11 is 0. The Morgan fingerprint density at radius 2 is 0.765 bits per heavy atom. The van der Waals surface area contributed by atoms with Gasteiger partial charge in [-0.2, -0.15) is 0 Å². The highest BCUT2D eigenvalue weighted by molar-refractivity contribution is 5.95. The van der Waals surface area contributed by atoms with E-state index in [2.05, 4.69) is 255 Å². The maximum atomic E-state index is 5.55. The number of aromatic nitrogens is 3. The summed E-state index contributed by atoms with van der Waals surface area (Å²) in [6, 6.07) is 87.8. The molecule has 1 aromatic heterocycles. The fourth-order valence-corrected chi connectivity index (χ4v) is 11.7. The van der Waals surface area contributed by atoms with Crippen LogP contribution in [-0.2, 0) is 10.8 Å². The first-order valence-electron chi connectivity index (χ1n) is 23.6. The Kier molecular flexibility index (Phi) is 9.43. The first-order valence-corrected chi connectivity index (χ1v) is 23.6. The summed E-state index contributed by atoms with van der Waals surface area (Å²) in [7, 11) is 0. The second-order valence-electron chi connectivity index (χ2n) is 18.1. The smallest absolute Gasteiger partial charge is 0.163 e. The quantitative estimate of drug-likeness (QED) is 0.153. The minimum Gasteiger partial charge on any atom is -0.212 e. The molecule has 1 atom stereocenters. The molecule has 3 nitrogen and oxygen atoms in total. The average Bonchev–Trinajstić information content (AvgIpc) is 3.90. The number of rotatable bonds is 8. The molecule has 0 saturated heterocycles. The summed E-state index contributed by atoms with van der Waals surface area (Å²) in [6.07, 6.45) is 5.67. The van der Waals surface area contributed by atoms with Gasteiger partial charge in [-0.05, 0) is 90.4 Å². The second-order valence-corrected chi connectivity index (χ2v) is 18.1. The van der Waals surface area contributed by atoms with E-state index in [-0.39, 0.29) is 5.92 Å². The zero-order chi connectivity index (χ0) is 45.1. The molecule has 3 aliphatic rings. The lowest BCUT2D eigenvalue weighted by molar-refractivity contribution is 0.717. The van der Waals surface area contributed by atoms with E-state index in [9.17, 15) is 0 Å². The Balaban J connectivity index is 1.02. The summed E-state index contributed by atoms with van der Waals surface area (Å²) in [6.45, 7) is 0. The molecule has 68 heavy (non-hydrogen) atoms. The molecule has 0 amide bonds. The van der Waals surface area contributed by atoms with Gasteiger partial charge < -0.3 is 0 Å². The summed E-state index contributed by atoms with van der Waals surface area (Å²) < 4.78 is 0. The van der Waals surface area contributed by atoms with Crippen molar-refractivity contribution in [2.75, 3.05) is 0 Å². The van der Waals surface area contributed by atoms with Gasteiger partial charge in [0.15, 0.2) is 11.6 Å². The molecule has 3 heteroatoms. The fourth-order valence-electron chi connectivity index (χ4n) is 11.7. The zero-order valence-electron chi connectivity index (χ0n) is 37.4. The van der Waals surface area contributed by atoms with E-state index < -0.39 is 10.8 Å². The van der Waals surface area contributed by atoms with Gasteiger partial charge in [0, 0.05) is 17.0 Å². The van der Waals surface area contributed by atoms with Crippen molar-refractivity contribution in [3.05, 3.63) is 311 Å². The topological polar surface area (TPSA) is 38.7 Å². The third-order valence-electron chi connectivity index (χ3n) is 14.6. The van der Waals surface area contributed by atoms with Crippen molar-refractivity contribution in [2.24, 2.45) is 0 Å². The van der Waals surface area contributed by atoms with E-state index in [1.54, 1.807) is 0 Å². The highest BCUT2D eigenvalue weighted by atomic mass is 15.0. The van der Waals surface area contributed by atoms with Crippen molar-refractivity contribution in [3.63, 3.8) is 0 Å². The monoisotopic (exact) mass is 867 g/mol. The van der Waals surface area contributed by atoms with Crippen molar-refractivity contribution < 1.29 is 0 Å². The minimum atomic E-state index is -0.554. The fraction of sp³-hybridized carbons (Fsp3) is 0.0615. The third kappa shape index (κ3) is 6.09. The van der Waals surface area contributed by atoms with Crippen LogP contribution < -0.4 is 0 Å². The van der Waals surface area contributed by atoms with Gasteiger partial charge in [0.05, 0.1) is 10.8 Å². The van der Waals surface area contributed by atoms with Crippen molar-refractivity contribution in [1.82, 2.24) is 15.0 Å². The molecule has 0 fully saturated rings. The molecule has 1 heterocycles. The van der Waals surface area contributed by atoms with Crippen molar-refractivity contribution in [1.29, 1.82) is 0 Å². The van der Waals surface area contributed by atoms with Crippen LogP contribution >= 0.6 is 0 Å². The van der Waals surface area contributed by atoms with Gasteiger partial charge in [-0.25, -0.2) is 15.0 Å². The number of hydrogen-bond acceptors (Lipinski definition) is 3. The van der Waals surface area contributed by atoms with Crippen LogP contribution in [0.25, 0.3) is 50.6 Å². The standard InChI is InChI=1S/C65H45N3/c1-6-20-44(21-7-1)45-34-36-46(37-35-45)61-66-62(47-38-40-55-53-30-16-18-32-57(53)64(59(55)42-47,49-22-8-2-9-23-49)50-24-10-3-11-25-50)68-63(67-61)48-39-41-56-54-31-17-19-33-58(54)65(60(56)43-48,51-26-12-4-13-27-51)52-28-14-5-15-29-52/h1-38,40-43,48H,39H2. The van der Waals surface area contributed by atoms with Crippen LogP contribution in [0.1, 0.15) is 62.7 Å². The molecule has 9 aromatic carbocycles. The number of hydrogen-bond donors (Lipinski definition) is 0. The van der Waals surface area contributed by atoms with Crippen LogP contribution in [0.15, 0.2) is 260 Å². The van der Waals surface area contributed by atoms with Gasteiger partial charge in [-0.15, -0.1) is 0 Å². The Labute approximate surface area is 397 Å². The lowest BCUT2D eigenvalue weighted by atomic mass is 9.66. The maximum absolute atomic E-state index is 5.55. The third-order valence-corrected chi connectivity index (χ3v) is 14.6. The molecule has 3 aliphatic carbocycles. The van der Waals surface area contributed by atoms with Gasteiger partial charge in [0.2, 0.25) is 0 Å². The Morgan fingerprint density at radius 1 is 0.338 bits per heavy atom. The van der Waals surface area contributed by atoms with E-state index in [1.165, 1.54) is 72.3 Å². The second kappa shape index (κ2) is 16.1. The summed E-state index contributed by atoms with van der Waals surface area (Å²) in [5.74, 6) is 1.95. The minimum absolute atomic E-state index is 0.120. The van der Waals surface area contributed by atoms with Crippen LogP contribution in [0.5, 0.6) is 0 Å².